The smallest absolute Gasteiger partial charge is 0.0534 e. The van der Waals surface area contributed by atoms with Gasteiger partial charge in [-0.2, -0.15) is 5.10 Å². The highest BCUT2D eigenvalue weighted by atomic mass is 15.3. The quantitative estimate of drug-likeness (QED) is 0.773. The Morgan fingerprint density at radius 3 is 3.00 bits per heavy atom. The van der Waals surface area contributed by atoms with E-state index in [9.17, 15) is 0 Å². The number of likely N-dealkylation sites (N-methyl/N-ethyl adjacent to an activating group) is 1. The summed E-state index contributed by atoms with van der Waals surface area (Å²) >= 11 is 0. The molecule has 0 radical (unpaired) electrons. The van der Waals surface area contributed by atoms with E-state index in [4.69, 9.17) is 0 Å². The van der Waals surface area contributed by atoms with Crippen LogP contribution in [0.25, 0.3) is 0 Å². The van der Waals surface area contributed by atoms with Crippen LogP contribution in [0.15, 0.2) is 12.4 Å². The molecule has 1 aromatic rings. The van der Waals surface area contributed by atoms with Gasteiger partial charge in [-0.25, -0.2) is 0 Å². The zero-order valence-electron chi connectivity index (χ0n) is 9.61. The summed E-state index contributed by atoms with van der Waals surface area (Å²) in [5.74, 6) is 0. The predicted octanol–water partition coefficient (Wildman–Crippen LogP) is 0.697. The molecule has 4 nitrogen and oxygen atoms in total. The van der Waals surface area contributed by atoms with E-state index in [1.54, 1.807) is 0 Å². The molecule has 1 saturated heterocycles. The van der Waals surface area contributed by atoms with E-state index in [2.05, 4.69) is 35.5 Å². The molecule has 0 unspecified atom stereocenters. The predicted molar refractivity (Wildman–Crippen MR) is 60.6 cm³/mol. The summed E-state index contributed by atoms with van der Waals surface area (Å²) in [6, 6.07) is 0.708. The van der Waals surface area contributed by atoms with Crippen molar-refractivity contribution in [2.24, 2.45) is 0 Å². The molecule has 0 bridgehead atoms. The lowest BCUT2D eigenvalue weighted by Crippen LogP contribution is -2.55. The monoisotopic (exact) mass is 208 g/mol. The van der Waals surface area contributed by atoms with Crippen molar-refractivity contribution in [2.45, 2.75) is 32.5 Å². The lowest BCUT2D eigenvalue weighted by Gasteiger charge is -2.35. The van der Waals surface area contributed by atoms with E-state index < -0.39 is 0 Å². The van der Waals surface area contributed by atoms with Gasteiger partial charge in [0, 0.05) is 44.0 Å². The summed E-state index contributed by atoms with van der Waals surface area (Å²) < 4.78 is 2.03. The first kappa shape index (κ1) is 10.6. The maximum Gasteiger partial charge on any atom is 0.0534 e. The summed E-state index contributed by atoms with van der Waals surface area (Å²) in [4.78, 5) is 2.39. The molecule has 0 spiro atoms. The van der Waals surface area contributed by atoms with Crippen molar-refractivity contribution < 1.29 is 0 Å². The molecule has 0 atom stereocenters. The lowest BCUT2D eigenvalue weighted by molar-refractivity contribution is 0.173. The minimum atomic E-state index is 0.708. The number of aryl methyl sites for hydroxylation is 1. The minimum Gasteiger partial charge on any atom is -0.314 e. The third-order valence-electron chi connectivity index (χ3n) is 2.95. The van der Waals surface area contributed by atoms with Crippen molar-refractivity contribution in [3.63, 3.8) is 0 Å². The van der Waals surface area contributed by atoms with E-state index in [0.29, 0.717) is 6.04 Å². The second-order valence-corrected chi connectivity index (χ2v) is 4.34. The fraction of sp³-hybridized carbons (Fsp3) is 0.727. The number of nitrogens with one attached hydrogen (secondary N) is 1. The molecule has 1 aliphatic rings. The van der Waals surface area contributed by atoms with Crippen LogP contribution < -0.4 is 5.32 Å². The van der Waals surface area contributed by atoms with Crippen LogP contribution in [0.4, 0.5) is 0 Å². The maximum absolute atomic E-state index is 4.34. The zero-order valence-corrected chi connectivity index (χ0v) is 9.61. The molecule has 2 rings (SSSR count). The highest BCUT2D eigenvalue weighted by Gasteiger charge is 2.21. The van der Waals surface area contributed by atoms with Crippen molar-refractivity contribution in [3.05, 3.63) is 18.0 Å². The first-order chi connectivity index (χ1) is 7.29. The molecule has 0 saturated carbocycles. The topological polar surface area (TPSA) is 33.1 Å². The van der Waals surface area contributed by atoms with Gasteiger partial charge in [-0.15, -0.1) is 0 Å². The van der Waals surface area contributed by atoms with Crippen LogP contribution in [-0.4, -0.2) is 40.9 Å². The highest BCUT2D eigenvalue weighted by molar-refractivity contribution is 5.04. The summed E-state index contributed by atoms with van der Waals surface area (Å²) in [6.07, 6.45) is 5.29. The van der Waals surface area contributed by atoms with Crippen LogP contribution >= 0.6 is 0 Å². The molecule has 0 aromatic carbocycles. The minimum absolute atomic E-state index is 0.708. The molecule has 1 aromatic heterocycles. The maximum atomic E-state index is 4.34. The number of nitrogens with zero attached hydrogens (tertiary/aromatic N) is 3. The average molecular weight is 208 g/mol. The molecule has 0 aliphatic carbocycles. The van der Waals surface area contributed by atoms with Crippen LogP contribution in [0.1, 0.15) is 18.9 Å². The number of aromatic nitrogens is 2. The van der Waals surface area contributed by atoms with Gasteiger partial charge >= 0.3 is 0 Å². The molecule has 1 fully saturated rings. The van der Waals surface area contributed by atoms with Crippen molar-refractivity contribution in [1.29, 1.82) is 0 Å². The molecule has 15 heavy (non-hydrogen) atoms. The van der Waals surface area contributed by atoms with Crippen LogP contribution in [0.2, 0.25) is 0 Å². The number of rotatable bonds is 5. The van der Waals surface area contributed by atoms with Crippen LogP contribution in [0.3, 0.4) is 0 Å². The van der Waals surface area contributed by atoms with Gasteiger partial charge in [0.1, 0.15) is 0 Å². The van der Waals surface area contributed by atoms with Crippen LogP contribution in [0, 0.1) is 0 Å². The summed E-state index contributed by atoms with van der Waals surface area (Å²) in [6.45, 7) is 6.46. The Kier molecular flexibility index (Phi) is 3.38. The highest BCUT2D eigenvalue weighted by Crippen LogP contribution is 2.08. The molecule has 1 N–H and O–H groups in total. The van der Waals surface area contributed by atoms with Gasteiger partial charge < -0.3 is 5.32 Å². The van der Waals surface area contributed by atoms with E-state index in [1.165, 1.54) is 5.56 Å². The fourth-order valence-corrected chi connectivity index (χ4v) is 1.84. The Balaban J connectivity index is 1.86. The Hall–Kier alpha value is -0.870. The van der Waals surface area contributed by atoms with Crippen molar-refractivity contribution >= 4 is 0 Å². The largest absolute Gasteiger partial charge is 0.314 e. The molecule has 4 heteroatoms. The average Bonchev–Trinajstić information content (AvgIpc) is 2.49. The second-order valence-electron chi connectivity index (χ2n) is 4.34. The van der Waals surface area contributed by atoms with Gasteiger partial charge in [-0.1, -0.05) is 6.92 Å². The van der Waals surface area contributed by atoms with Crippen molar-refractivity contribution in [2.75, 3.05) is 20.1 Å². The van der Waals surface area contributed by atoms with Crippen molar-refractivity contribution in [3.8, 4) is 0 Å². The van der Waals surface area contributed by atoms with E-state index in [1.807, 2.05) is 10.9 Å². The third-order valence-corrected chi connectivity index (χ3v) is 2.95. The molecular weight excluding hydrogens is 188 g/mol. The SMILES string of the molecule is CCCn1cc(CN(C)C2CNC2)cn1. The van der Waals surface area contributed by atoms with Gasteiger partial charge in [0.05, 0.1) is 6.20 Å². The zero-order chi connectivity index (χ0) is 10.7. The molecule has 0 amide bonds. The Morgan fingerprint density at radius 2 is 2.40 bits per heavy atom. The van der Waals surface area contributed by atoms with E-state index >= 15 is 0 Å². The normalized spacial score (nSPS) is 17.0. The number of hydrogen-bond donors (Lipinski definition) is 1. The number of hydrogen-bond acceptors (Lipinski definition) is 3. The standard InChI is InChI=1S/C11H20N4/c1-3-4-15-9-10(5-13-15)8-14(2)11-6-12-7-11/h5,9,11-12H,3-4,6-8H2,1-2H3. The summed E-state index contributed by atoms with van der Waals surface area (Å²) in [7, 11) is 2.18. The van der Waals surface area contributed by atoms with E-state index in [-0.39, 0.29) is 0 Å². The lowest BCUT2D eigenvalue weighted by atomic mass is 10.1. The molecule has 2 heterocycles. The third kappa shape index (κ3) is 2.58. The summed E-state index contributed by atoms with van der Waals surface area (Å²) in [5, 5.41) is 7.63. The van der Waals surface area contributed by atoms with Gasteiger partial charge in [0.2, 0.25) is 0 Å². The molecule has 84 valence electrons. The van der Waals surface area contributed by atoms with Crippen LogP contribution in [-0.2, 0) is 13.1 Å². The van der Waals surface area contributed by atoms with Gasteiger partial charge in [-0.3, -0.25) is 9.58 Å². The molecule has 1 aliphatic heterocycles. The van der Waals surface area contributed by atoms with E-state index in [0.717, 1.165) is 32.6 Å². The van der Waals surface area contributed by atoms with Crippen molar-refractivity contribution in [1.82, 2.24) is 20.0 Å². The van der Waals surface area contributed by atoms with Gasteiger partial charge in [0.15, 0.2) is 0 Å². The Morgan fingerprint density at radius 1 is 1.60 bits per heavy atom. The van der Waals surface area contributed by atoms with Gasteiger partial charge in [0.25, 0.3) is 0 Å². The first-order valence-corrected chi connectivity index (χ1v) is 5.72. The van der Waals surface area contributed by atoms with Crippen LogP contribution in [0.5, 0.6) is 0 Å². The fourth-order valence-electron chi connectivity index (χ4n) is 1.84. The Labute approximate surface area is 91.3 Å². The second kappa shape index (κ2) is 4.77. The summed E-state index contributed by atoms with van der Waals surface area (Å²) in [5.41, 5.74) is 1.32. The van der Waals surface area contributed by atoms with Gasteiger partial charge in [-0.05, 0) is 13.5 Å². The Bertz CT molecular complexity index is 303. The molecular formula is C11H20N4. The first-order valence-electron chi connectivity index (χ1n) is 5.72.